The molecule has 2 N–H and O–H groups in total. The van der Waals surface area contributed by atoms with Crippen LogP contribution in [-0.2, 0) is 0 Å². The minimum atomic E-state index is -0.0391. The Balaban J connectivity index is 1.71. The third-order valence-corrected chi connectivity index (χ3v) is 4.81. The van der Waals surface area contributed by atoms with Gasteiger partial charge in [0.25, 0.3) is 5.91 Å². The van der Waals surface area contributed by atoms with Gasteiger partial charge in [0, 0.05) is 32.2 Å². The summed E-state index contributed by atoms with van der Waals surface area (Å²) in [7, 11) is 0. The molecule has 0 aliphatic carbocycles. The van der Waals surface area contributed by atoms with Crippen LogP contribution in [0, 0.1) is 5.92 Å². The van der Waals surface area contributed by atoms with Crippen molar-refractivity contribution in [1.29, 1.82) is 0 Å². The average Bonchev–Trinajstić information content (AvgIpc) is 3.08. The van der Waals surface area contributed by atoms with Crippen LogP contribution in [0.4, 0.5) is 5.82 Å². The van der Waals surface area contributed by atoms with Crippen LogP contribution in [-0.4, -0.2) is 53.2 Å². The molecule has 0 aromatic carbocycles. The highest BCUT2D eigenvalue weighted by Crippen LogP contribution is 2.23. The molecule has 3 heterocycles. The molecule has 6 heteroatoms. The molecule has 2 unspecified atom stereocenters. The minimum Gasteiger partial charge on any atom is -0.355 e. The Morgan fingerprint density at radius 2 is 2.05 bits per heavy atom. The molecule has 120 valence electrons. The fourth-order valence-electron chi connectivity index (χ4n) is 3.44. The lowest BCUT2D eigenvalue weighted by molar-refractivity contribution is 0.0566. The number of anilines is 1. The van der Waals surface area contributed by atoms with E-state index in [1.165, 1.54) is 12.8 Å². The van der Waals surface area contributed by atoms with Gasteiger partial charge in [0.1, 0.15) is 0 Å². The summed E-state index contributed by atoms with van der Waals surface area (Å²) in [5.74, 6) is 1.46. The molecule has 1 amide bonds. The Morgan fingerprint density at radius 1 is 1.27 bits per heavy atom. The number of hydrogen-bond donors (Lipinski definition) is 1. The van der Waals surface area contributed by atoms with Crippen molar-refractivity contribution in [2.75, 3.05) is 31.1 Å². The summed E-state index contributed by atoms with van der Waals surface area (Å²) in [6, 6.07) is 3.83. The minimum absolute atomic E-state index is 0.0391. The van der Waals surface area contributed by atoms with Gasteiger partial charge in [-0.05, 0) is 43.7 Å². The number of aromatic nitrogens is 2. The number of nitrogens with zero attached hydrogens (tertiary/aromatic N) is 4. The van der Waals surface area contributed by atoms with Gasteiger partial charge in [-0.25, -0.2) is 0 Å². The predicted octanol–water partition coefficient (Wildman–Crippen LogP) is 1.28. The van der Waals surface area contributed by atoms with Gasteiger partial charge in [0.15, 0.2) is 11.5 Å². The van der Waals surface area contributed by atoms with E-state index in [2.05, 4.69) is 22.0 Å². The van der Waals surface area contributed by atoms with Gasteiger partial charge in [-0.1, -0.05) is 6.92 Å². The number of nitrogens with two attached hydrogens (primary N) is 1. The summed E-state index contributed by atoms with van der Waals surface area (Å²) in [5.41, 5.74) is 6.27. The smallest absolute Gasteiger partial charge is 0.274 e. The Kier molecular flexibility index (Phi) is 4.57. The molecule has 2 atom stereocenters. The van der Waals surface area contributed by atoms with E-state index in [9.17, 15) is 4.79 Å². The summed E-state index contributed by atoms with van der Waals surface area (Å²) < 4.78 is 0. The molecule has 0 spiro atoms. The zero-order chi connectivity index (χ0) is 15.5. The number of hydrogen-bond acceptors (Lipinski definition) is 5. The average molecular weight is 303 g/mol. The van der Waals surface area contributed by atoms with Gasteiger partial charge in [-0.2, -0.15) is 0 Å². The van der Waals surface area contributed by atoms with E-state index in [4.69, 9.17) is 5.73 Å². The molecular formula is C16H25N5O. The summed E-state index contributed by atoms with van der Waals surface area (Å²) in [6.07, 6.45) is 4.40. The van der Waals surface area contributed by atoms with Gasteiger partial charge in [0.2, 0.25) is 0 Å². The molecule has 0 radical (unpaired) electrons. The van der Waals surface area contributed by atoms with Crippen molar-refractivity contribution in [2.45, 2.75) is 38.6 Å². The van der Waals surface area contributed by atoms with Crippen molar-refractivity contribution in [3.8, 4) is 0 Å². The highest BCUT2D eigenvalue weighted by Gasteiger charge is 2.30. The summed E-state index contributed by atoms with van der Waals surface area (Å²) in [4.78, 5) is 16.8. The molecule has 1 aromatic heterocycles. The lowest BCUT2D eigenvalue weighted by Gasteiger charge is -2.37. The van der Waals surface area contributed by atoms with Gasteiger partial charge < -0.3 is 15.5 Å². The zero-order valence-corrected chi connectivity index (χ0v) is 13.2. The van der Waals surface area contributed by atoms with Crippen LogP contribution in [0.3, 0.4) is 0 Å². The molecule has 6 nitrogen and oxygen atoms in total. The van der Waals surface area contributed by atoms with Gasteiger partial charge >= 0.3 is 0 Å². The molecule has 2 aliphatic heterocycles. The standard InChI is InChI=1S/C16H25N5O/c1-12-6-9-21(13(10-12)11-17)16(22)14-4-5-15(19-18-14)20-7-2-3-8-20/h4-5,12-13H,2-3,6-11,17H2,1H3. The number of likely N-dealkylation sites (tertiary alicyclic amines) is 1. The largest absolute Gasteiger partial charge is 0.355 e. The maximum atomic E-state index is 12.7. The fourth-order valence-corrected chi connectivity index (χ4v) is 3.44. The Labute approximate surface area is 131 Å². The SMILES string of the molecule is CC1CCN(C(=O)c2ccc(N3CCCC3)nn2)C(CN)C1. The van der Waals surface area contributed by atoms with Crippen molar-refractivity contribution in [3.05, 3.63) is 17.8 Å². The van der Waals surface area contributed by atoms with Gasteiger partial charge in [-0.3, -0.25) is 4.79 Å². The fraction of sp³-hybridized carbons (Fsp3) is 0.688. The second-order valence-corrected chi connectivity index (χ2v) is 6.49. The second-order valence-electron chi connectivity index (χ2n) is 6.49. The van der Waals surface area contributed by atoms with Crippen molar-refractivity contribution < 1.29 is 4.79 Å². The molecule has 3 rings (SSSR count). The summed E-state index contributed by atoms with van der Waals surface area (Å²) in [6.45, 7) is 5.55. The van der Waals surface area contributed by atoms with E-state index in [0.717, 1.165) is 38.3 Å². The Hall–Kier alpha value is -1.69. The first-order chi connectivity index (χ1) is 10.7. The number of rotatable bonds is 3. The number of amides is 1. The molecule has 2 fully saturated rings. The van der Waals surface area contributed by atoms with Gasteiger partial charge in [0.05, 0.1) is 0 Å². The number of piperidine rings is 1. The van der Waals surface area contributed by atoms with Crippen LogP contribution in [0.15, 0.2) is 12.1 Å². The first kappa shape index (κ1) is 15.2. The Bertz CT molecular complexity index is 512. The van der Waals surface area contributed by atoms with Crippen molar-refractivity contribution in [2.24, 2.45) is 11.7 Å². The maximum Gasteiger partial charge on any atom is 0.274 e. The van der Waals surface area contributed by atoms with Crippen LogP contribution in [0.2, 0.25) is 0 Å². The monoisotopic (exact) mass is 303 g/mol. The lowest BCUT2D eigenvalue weighted by atomic mass is 9.92. The molecule has 2 saturated heterocycles. The zero-order valence-electron chi connectivity index (χ0n) is 13.2. The van der Waals surface area contributed by atoms with Crippen LogP contribution in [0.1, 0.15) is 43.1 Å². The highest BCUT2D eigenvalue weighted by molar-refractivity contribution is 5.92. The van der Waals surface area contributed by atoms with Crippen LogP contribution < -0.4 is 10.6 Å². The number of carbonyl (C=O) groups excluding carboxylic acids is 1. The van der Waals surface area contributed by atoms with E-state index in [-0.39, 0.29) is 11.9 Å². The lowest BCUT2D eigenvalue weighted by Crippen LogP contribution is -2.49. The molecule has 1 aromatic rings. The first-order valence-electron chi connectivity index (χ1n) is 8.28. The predicted molar refractivity (Wildman–Crippen MR) is 85.8 cm³/mol. The van der Waals surface area contributed by atoms with Crippen molar-refractivity contribution in [3.63, 3.8) is 0 Å². The van der Waals surface area contributed by atoms with E-state index in [0.29, 0.717) is 18.2 Å². The molecule has 2 aliphatic rings. The summed E-state index contributed by atoms with van der Waals surface area (Å²) >= 11 is 0. The molecular weight excluding hydrogens is 278 g/mol. The normalized spacial score (nSPS) is 25.5. The van der Waals surface area contributed by atoms with E-state index in [1.54, 1.807) is 6.07 Å². The number of carbonyl (C=O) groups is 1. The second kappa shape index (κ2) is 6.60. The third kappa shape index (κ3) is 3.06. The van der Waals surface area contributed by atoms with Crippen molar-refractivity contribution in [1.82, 2.24) is 15.1 Å². The summed E-state index contributed by atoms with van der Waals surface area (Å²) in [5, 5.41) is 8.40. The third-order valence-electron chi connectivity index (χ3n) is 4.81. The molecule has 22 heavy (non-hydrogen) atoms. The molecule has 0 bridgehead atoms. The topological polar surface area (TPSA) is 75.4 Å². The van der Waals surface area contributed by atoms with E-state index < -0.39 is 0 Å². The van der Waals surface area contributed by atoms with Crippen LogP contribution >= 0.6 is 0 Å². The highest BCUT2D eigenvalue weighted by atomic mass is 16.2. The Morgan fingerprint density at radius 3 is 2.68 bits per heavy atom. The van der Waals surface area contributed by atoms with Gasteiger partial charge in [-0.15, -0.1) is 10.2 Å². The van der Waals surface area contributed by atoms with E-state index >= 15 is 0 Å². The first-order valence-corrected chi connectivity index (χ1v) is 8.28. The van der Waals surface area contributed by atoms with Crippen LogP contribution in [0.5, 0.6) is 0 Å². The van der Waals surface area contributed by atoms with Crippen molar-refractivity contribution >= 4 is 11.7 Å². The molecule has 0 saturated carbocycles. The van der Waals surface area contributed by atoms with E-state index in [1.807, 2.05) is 11.0 Å². The maximum absolute atomic E-state index is 12.7. The quantitative estimate of drug-likeness (QED) is 0.910. The van der Waals surface area contributed by atoms with Crippen LogP contribution in [0.25, 0.3) is 0 Å².